The summed E-state index contributed by atoms with van der Waals surface area (Å²) in [6, 6.07) is 13.0. The second-order valence-corrected chi connectivity index (χ2v) is 13.6. The second kappa shape index (κ2) is 11.1. The highest BCUT2D eigenvalue weighted by Crippen LogP contribution is 2.34. The Morgan fingerprint density at radius 3 is 2.39 bits per heavy atom. The van der Waals surface area contributed by atoms with E-state index in [4.69, 9.17) is 9.15 Å². The predicted octanol–water partition coefficient (Wildman–Crippen LogP) is 4.83. The molecule has 1 aliphatic heterocycles. The molecule has 2 aromatic heterocycles. The average molecular weight is 580 g/mol. The molecule has 1 aliphatic carbocycles. The molecule has 1 saturated heterocycles. The summed E-state index contributed by atoms with van der Waals surface area (Å²) in [7, 11) is -3.70. The number of H-pyrrole nitrogens is 1. The van der Waals surface area contributed by atoms with Gasteiger partial charge in [0.15, 0.2) is 0 Å². The molecule has 0 amide bonds. The Morgan fingerprint density at radius 1 is 0.976 bits per heavy atom. The first-order chi connectivity index (χ1) is 19.6. The minimum Gasteiger partial charge on any atom is -0.424 e. The van der Waals surface area contributed by atoms with Crippen molar-refractivity contribution in [2.24, 2.45) is 0 Å². The Hall–Kier alpha value is -3.48. The smallest absolute Gasteiger partial charge is 0.240 e. The molecule has 1 saturated carbocycles. The van der Waals surface area contributed by atoms with Crippen LogP contribution in [0.1, 0.15) is 64.2 Å². The molecular formula is C29H37N7O4S. The molecule has 0 radical (unpaired) electrons. The fourth-order valence-corrected chi connectivity index (χ4v) is 6.71. The van der Waals surface area contributed by atoms with Crippen molar-refractivity contribution in [3.63, 3.8) is 0 Å². The predicted molar refractivity (Wildman–Crippen MR) is 157 cm³/mol. The summed E-state index contributed by atoms with van der Waals surface area (Å²) in [5.74, 6) is 1.99. The number of morpholine rings is 1. The molecule has 4 aromatic rings. The number of imidazole rings is 1. The highest BCUT2D eigenvalue weighted by atomic mass is 32.2. The summed E-state index contributed by atoms with van der Waals surface area (Å²) in [5.41, 5.74) is 3.19. The summed E-state index contributed by atoms with van der Waals surface area (Å²) in [6.45, 7) is 9.38. The van der Waals surface area contributed by atoms with Gasteiger partial charge in [0, 0.05) is 41.8 Å². The third-order valence-corrected chi connectivity index (χ3v) is 9.27. The number of aromatic amines is 1. The second-order valence-electron chi connectivity index (χ2n) is 11.9. The maximum Gasteiger partial charge on any atom is 0.240 e. The number of nitrogens with one attached hydrogen (secondary N) is 3. The molecule has 0 atom stereocenters. The fourth-order valence-electron chi connectivity index (χ4n) is 5.38. The van der Waals surface area contributed by atoms with Crippen molar-refractivity contribution < 1.29 is 17.6 Å². The van der Waals surface area contributed by atoms with Gasteiger partial charge in [0.25, 0.3) is 0 Å². The number of rotatable bonds is 7. The number of ether oxygens (including phenoxy) is 1. The zero-order valence-corrected chi connectivity index (χ0v) is 24.5. The number of anilines is 3. The Bertz CT molecular complexity index is 1590. The maximum atomic E-state index is 13.3. The first-order valence-corrected chi connectivity index (χ1v) is 15.7. The lowest BCUT2D eigenvalue weighted by Gasteiger charge is -2.28. The molecule has 3 N–H and O–H groups in total. The van der Waals surface area contributed by atoms with Gasteiger partial charge in [-0.1, -0.05) is 20.8 Å². The topological polar surface area (TPSA) is 138 Å². The average Bonchev–Trinajstić information content (AvgIpc) is 3.61. The standard InChI is InChI=1S/C29H37N7O4S/c1-29(2,3)27-34-33-26(40-27)19-4-6-21(7-5-19)35-41(37,38)23-12-13-24-25(18-23)32-28(31-24)30-20-8-10-22(11-9-20)36-14-16-39-17-15-36/h8-13,18-19,21,35H,4-7,14-17H2,1-3H3,(H2,30,31,32). The van der Waals surface area contributed by atoms with Crippen molar-refractivity contribution in [2.45, 2.75) is 68.7 Å². The Balaban J connectivity index is 1.07. The van der Waals surface area contributed by atoms with Crippen LogP contribution in [0.5, 0.6) is 0 Å². The van der Waals surface area contributed by atoms with Gasteiger partial charge in [0.1, 0.15) is 0 Å². The Labute approximate surface area is 240 Å². The van der Waals surface area contributed by atoms with Gasteiger partial charge in [-0.3, -0.25) is 0 Å². The number of aromatic nitrogens is 4. The van der Waals surface area contributed by atoms with E-state index in [2.05, 4.69) is 47.2 Å². The third kappa shape index (κ3) is 6.24. The highest BCUT2D eigenvalue weighted by Gasteiger charge is 2.31. The van der Waals surface area contributed by atoms with E-state index >= 15 is 0 Å². The first-order valence-electron chi connectivity index (χ1n) is 14.2. The van der Waals surface area contributed by atoms with Crippen LogP contribution >= 0.6 is 0 Å². The van der Waals surface area contributed by atoms with Gasteiger partial charge in [-0.2, -0.15) is 0 Å². The summed E-state index contributed by atoms with van der Waals surface area (Å²) >= 11 is 0. The molecule has 0 spiro atoms. The van der Waals surface area contributed by atoms with E-state index in [1.165, 1.54) is 0 Å². The zero-order valence-electron chi connectivity index (χ0n) is 23.7. The zero-order chi connectivity index (χ0) is 28.6. The van der Waals surface area contributed by atoms with Gasteiger partial charge in [0.2, 0.25) is 27.8 Å². The van der Waals surface area contributed by atoms with Gasteiger partial charge in [-0.15, -0.1) is 10.2 Å². The number of benzene rings is 2. The highest BCUT2D eigenvalue weighted by molar-refractivity contribution is 7.89. The molecular weight excluding hydrogens is 542 g/mol. The van der Waals surface area contributed by atoms with Crippen molar-refractivity contribution in [3.05, 3.63) is 54.2 Å². The van der Waals surface area contributed by atoms with Crippen molar-refractivity contribution in [2.75, 3.05) is 36.5 Å². The lowest BCUT2D eigenvalue weighted by atomic mass is 9.86. The molecule has 0 bridgehead atoms. The monoisotopic (exact) mass is 579 g/mol. The SMILES string of the molecule is CC(C)(C)c1nnc(C2CCC(NS(=O)(=O)c3ccc4nc(Nc5ccc(N6CCOCC6)cc5)[nH]c4c3)CC2)o1. The Morgan fingerprint density at radius 2 is 1.71 bits per heavy atom. The molecule has 2 aliphatic rings. The van der Waals surface area contributed by atoms with Crippen LogP contribution in [0.3, 0.4) is 0 Å². The summed E-state index contributed by atoms with van der Waals surface area (Å²) in [6.07, 6.45) is 3.01. The third-order valence-electron chi connectivity index (χ3n) is 7.75. The fraction of sp³-hybridized carbons (Fsp3) is 0.483. The van der Waals surface area contributed by atoms with Crippen LogP contribution in [0.4, 0.5) is 17.3 Å². The molecule has 3 heterocycles. The van der Waals surface area contributed by atoms with E-state index in [9.17, 15) is 8.42 Å². The van der Waals surface area contributed by atoms with E-state index in [1.54, 1.807) is 18.2 Å². The number of fused-ring (bicyclic) bond motifs is 1. The number of sulfonamides is 1. The molecule has 0 unspecified atom stereocenters. The van der Waals surface area contributed by atoms with Gasteiger partial charge in [-0.25, -0.2) is 18.1 Å². The van der Waals surface area contributed by atoms with Crippen LogP contribution in [-0.2, 0) is 20.2 Å². The van der Waals surface area contributed by atoms with E-state index < -0.39 is 10.0 Å². The largest absolute Gasteiger partial charge is 0.424 e. The molecule has 218 valence electrons. The molecule has 11 nitrogen and oxygen atoms in total. The van der Waals surface area contributed by atoms with Crippen LogP contribution in [0.25, 0.3) is 11.0 Å². The van der Waals surface area contributed by atoms with E-state index in [1.807, 2.05) is 32.9 Å². The summed E-state index contributed by atoms with van der Waals surface area (Å²) in [5, 5.41) is 11.7. The molecule has 12 heteroatoms. The summed E-state index contributed by atoms with van der Waals surface area (Å²) < 4.78 is 40.8. The molecule has 41 heavy (non-hydrogen) atoms. The van der Waals surface area contributed by atoms with Crippen LogP contribution < -0.4 is 14.9 Å². The normalized spacial score (nSPS) is 20.4. The number of nitrogens with zero attached hydrogens (tertiary/aromatic N) is 4. The van der Waals surface area contributed by atoms with Crippen molar-refractivity contribution in [3.8, 4) is 0 Å². The number of hydrogen-bond donors (Lipinski definition) is 3. The molecule has 2 fully saturated rings. The Kier molecular flexibility index (Phi) is 7.47. The van der Waals surface area contributed by atoms with Gasteiger partial charge < -0.3 is 24.4 Å². The van der Waals surface area contributed by atoms with Crippen molar-refractivity contribution in [1.29, 1.82) is 0 Å². The van der Waals surface area contributed by atoms with Crippen LogP contribution in [0.15, 0.2) is 51.8 Å². The van der Waals surface area contributed by atoms with E-state index in [0.717, 1.165) is 50.5 Å². The van der Waals surface area contributed by atoms with Gasteiger partial charge in [-0.05, 0) is 68.1 Å². The van der Waals surface area contributed by atoms with Crippen LogP contribution in [0, 0.1) is 0 Å². The molecule has 2 aromatic carbocycles. The molecule has 6 rings (SSSR count). The summed E-state index contributed by atoms with van der Waals surface area (Å²) in [4.78, 5) is 10.3. The number of hydrogen-bond acceptors (Lipinski definition) is 9. The van der Waals surface area contributed by atoms with Gasteiger partial charge >= 0.3 is 0 Å². The van der Waals surface area contributed by atoms with Crippen LogP contribution in [0.2, 0.25) is 0 Å². The van der Waals surface area contributed by atoms with Crippen molar-refractivity contribution in [1.82, 2.24) is 24.9 Å². The minimum atomic E-state index is -3.70. The lowest BCUT2D eigenvalue weighted by Crippen LogP contribution is -2.37. The van der Waals surface area contributed by atoms with Crippen molar-refractivity contribution >= 4 is 38.4 Å². The lowest BCUT2D eigenvalue weighted by molar-refractivity contribution is 0.122. The van der Waals surface area contributed by atoms with E-state index in [-0.39, 0.29) is 22.3 Å². The quantitative estimate of drug-likeness (QED) is 0.281. The first kappa shape index (κ1) is 27.7. The maximum absolute atomic E-state index is 13.3. The minimum absolute atomic E-state index is 0.142. The van der Waals surface area contributed by atoms with E-state index in [0.29, 0.717) is 41.6 Å². The van der Waals surface area contributed by atoms with Gasteiger partial charge in [0.05, 0.1) is 29.1 Å². The van der Waals surface area contributed by atoms with Crippen LogP contribution in [-0.4, -0.2) is 60.9 Å².